The molecule has 12 heteroatoms. The van der Waals surface area contributed by atoms with Crippen LogP contribution in [0.5, 0.6) is 5.75 Å². The number of carbonyl (C=O) groups is 1. The predicted octanol–water partition coefficient (Wildman–Crippen LogP) is 2.76. The Balaban J connectivity index is 1.97. The number of fused-ring (bicyclic) bond motifs is 1. The van der Waals surface area contributed by atoms with E-state index in [-0.39, 0.29) is 19.0 Å². The number of methoxy groups -OCH3 is 1. The van der Waals surface area contributed by atoms with Crippen LogP contribution in [0.2, 0.25) is 0 Å². The van der Waals surface area contributed by atoms with Gasteiger partial charge in [-0.15, -0.1) is 4.80 Å². The Hall–Kier alpha value is -3.80. The highest BCUT2D eigenvalue weighted by atomic mass is 32.1. The number of nitrogens with one attached hydrogen (secondary N) is 1. The molecule has 0 saturated heterocycles. The molecule has 0 aliphatic rings. The number of carbonyl (C=O) groups excluding carboxylic acids is 1. The van der Waals surface area contributed by atoms with E-state index in [0.29, 0.717) is 32.1 Å². The van der Waals surface area contributed by atoms with Gasteiger partial charge < -0.3 is 10.1 Å². The standard InChI is InChI=1S/C25H29FN6O4S/c1-14(2)29-23(34)25(4,5)31-20(33)19-15(3)21(32-27-10-11-28-32)37-22(19)30(24(31)35)12-9-16-13-17(26)7-8-18(16)36-6/h7-8,10-11,13-14H,9,12H2,1-6H3,(H,29,34). The van der Waals surface area contributed by atoms with E-state index in [1.165, 1.54) is 72.3 Å². The fraction of sp³-hybridized carbons (Fsp3) is 0.400. The summed E-state index contributed by atoms with van der Waals surface area (Å²) in [4.78, 5) is 42.6. The number of nitrogens with zero attached hydrogens (tertiary/aromatic N) is 5. The van der Waals surface area contributed by atoms with Crippen molar-refractivity contribution in [1.82, 2.24) is 29.4 Å². The number of aromatic nitrogens is 5. The topological polar surface area (TPSA) is 113 Å². The number of rotatable bonds is 8. The molecule has 3 heterocycles. The van der Waals surface area contributed by atoms with Gasteiger partial charge in [0.25, 0.3) is 5.56 Å². The zero-order valence-corrected chi connectivity index (χ0v) is 22.4. The molecule has 1 aromatic carbocycles. The van der Waals surface area contributed by atoms with Crippen molar-refractivity contribution >= 4 is 27.5 Å². The second kappa shape index (κ2) is 9.92. The number of benzene rings is 1. The number of amides is 1. The van der Waals surface area contributed by atoms with Gasteiger partial charge in [-0.2, -0.15) is 10.2 Å². The first kappa shape index (κ1) is 26.3. The number of hydrogen-bond acceptors (Lipinski definition) is 7. The van der Waals surface area contributed by atoms with Crippen LogP contribution in [0, 0.1) is 12.7 Å². The van der Waals surface area contributed by atoms with E-state index in [9.17, 15) is 18.8 Å². The van der Waals surface area contributed by atoms with Crippen molar-refractivity contribution in [2.75, 3.05) is 7.11 Å². The van der Waals surface area contributed by atoms with E-state index in [4.69, 9.17) is 4.74 Å². The van der Waals surface area contributed by atoms with Crippen molar-refractivity contribution in [2.45, 2.75) is 59.2 Å². The monoisotopic (exact) mass is 528 g/mol. The Morgan fingerprint density at radius 1 is 1.22 bits per heavy atom. The molecule has 0 saturated carbocycles. The Morgan fingerprint density at radius 3 is 2.51 bits per heavy atom. The maximum Gasteiger partial charge on any atom is 0.333 e. The Labute approximate surface area is 216 Å². The van der Waals surface area contributed by atoms with Crippen molar-refractivity contribution in [3.05, 3.63) is 68.4 Å². The van der Waals surface area contributed by atoms with Gasteiger partial charge in [0.05, 0.1) is 24.9 Å². The first-order valence-electron chi connectivity index (χ1n) is 11.8. The maximum atomic E-state index is 14.0. The second-order valence-electron chi connectivity index (χ2n) is 9.50. The average Bonchev–Trinajstić information content (AvgIpc) is 3.46. The van der Waals surface area contributed by atoms with Crippen LogP contribution in [-0.4, -0.2) is 43.2 Å². The molecular weight excluding hydrogens is 499 g/mol. The normalized spacial score (nSPS) is 11.9. The van der Waals surface area contributed by atoms with Gasteiger partial charge in [0, 0.05) is 18.2 Å². The summed E-state index contributed by atoms with van der Waals surface area (Å²) in [5, 5.41) is 12.0. The zero-order chi connectivity index (χ0) is 27.1. The van der Waals surface area contributed by atoms with Crippen LogP contribution in [0.15, 0.2) is 40.2 Å². The van der Waals surface area contributed by atoms with Crippen LogP contribution in [0.25, 0.3) is 15.2 Å². The molecule has 4 rings (SSSR count). The molecule has 0 radical (unpaired) electrons. The number of ether oxygens (including phenoxy) is 1. The molecule has 0 aliphatic carbocycles. The minimum atomic E-state index is -1.48. The molecule has 1 amide bonds. The highest BCUT2D eigenvalue weighted by molar-refractivity contribution is 7.21. The summed E-state index contributed by atoms with van der Waals surface area (Å²) < 4.78 is 21.8. The molecule has 4 aromatic rings. The van der Waals surface area contributed by atoms with Crippen molar-refractivity contribution in [1.29, 1.82) is 0 Å². The smallest absolute Gasteiger partial charge is 0.333 e. The van der Waals surface area contributed by atoms with E-state index in [0.717, 1.165) is 4.57 Å². The molecule has 0 aliphatic heterocycles. The van der Waals surface area contributed by atoms with Gasteiger partial charge in [-0.25, -0.2) is 13.8 Å². The van der Waals surface area contributed by atoms with Gasteiger partial charge in [-0.3, -0.25) is 14.2 Å². The lowest BCUT2D eigenvalue weighted by Gasteiger charge is -2.27. The lowest BCUT2D eigenvalue weighted by atomic mass is 10.0. The predicted molar refractivity (Wildman–Crippen MR) is 139 cm³/mol. The molecule has 3 aromatic heterocycles. The highest BCUT2D eigenvalue weighted by Crippen LogP contribution is 2.31. The molecule has 1 N–H and O–H groups in total. The summed E-state index contributed by atoms with van der Waals surface area (Å²) in [6, 6.07) is 4.00. The van der Waals surface area contributed by atoms with Gasteiger partial charge >= 0.3 is 5.69 Å². The minimum absolute atomic E-state index is 0.114. The summed E-state index contributed by atoms with van der Waals surface area (Å²) in [7, 11) is 1.49. The van der Waals surface area contributed by atoms with Crippen molar-refractivity contribution in [2.24, 2.45) is 0 Å². The summed E-state index contributed by atoms with van der Waals surface area (Å²) in [5.74, 6) is -0.399. The first-order valence-corrected chi connectivity index (χ1v) is 12.6. The van der Waals surface area contributed by atoms with E-state index in [1.54, 1.807) is 20.8 Å². The quantitative estimate of drug-likeness (QED) is 0.376. The van der Waals surface area contributed by atoms with Crippen LogP contribution in [-0.2, 0) is 23.3 Å². The molecule has 0 atom stereocenters. The van der Waals surface area contributed by atoms with E-state index in [2.05, 4.69) is 15.5 Å². The third kappa shape index (κ3) is 4.68. The molecule has 0 unspecified atom stereocenters. The third-order valence-corrected chi connectivity index (χ3v) is 7.45. The van der Waals surface area contributed by atoms with Gasteiger partial charge in [0.2, 0.25) is 5.91 Å². The summed E-state index contributed by atoms with van der Waals surface area (Å²) in [6.07, 6.45) is 3.29. The average molecular weight is 529 g/mol. The second-order valence-corrected chi connectivity index (χ2v) is 10.5. The highest BCUT2D eigenvalue weighted by Gasteiger charge is 2.35. The first-order chi connectivity index (χ1) is 17.5. The van der Waals surface area contributed by atoms with Crippen molar-refractivity contribution < 1.29 is 13.9 Å². The number of thiophene rings is 1. The van der Waals surface area contributed by atoms with Crippen molar-refractivity contribution in [3.8, 4) is 10.8 Å². The molecule has 0 spiro atoms. The van der Waals surface area contributed by atoms with Crippen LogP contribution in [0.4, 0.5) is 4.39 Å². The molecule has 0 fully saturated rings. The molecule has 37 heavy (non-hydrogen) atoms. The van der Waals surface area contributed by atoms with E-state index in [1.807, 2.05) is 0 Å². The van der Waals surface area contributed by atoms with Crippen LogP contribution < -0.4 is 21.3 Å². The van der Waals surface area contributed by atoms with Crippen LogP contribution in [0.1, 0.15) is 38.8 Å². The minimum Gasteiger partial charge on any atom is -0.496 e. The molecule has 0 bridgehead atoms. The maximum absolute atomic E-state index is 14.0. The van der Waals surface area contributed by atoms with E-state index >= 15 is 0 Å². The number of aryl methyl sites for hydroxylation is 3. The Kier molecular flexibility index (Phi) is 7.05. The lowest BCUT2D eigenvalue weighted by molar-refractivity contribution is -0.129. The Bertz CT molecular complexity index is 1580. The number of halogens is 1. The molecule has 196 valence electrons. The van der Waals surface area contributed by atoms with Crippen LogP contribution in [0.3, 0.4) is 0 Å². The molecule has 10 nitrogen and oxygen atoms in total. The fourth-order valence-corrected chi connectivity index (χ4v) is 5.49. The van der Waals surface area contributed by atoms with Gasteiger partial charge in [0.1, 0.15) is 26.9 Å². The largest absolute Gasteiger partial charge is 0.496 e. The van der Waals surface area contributed by atoms with Crippen LogP contribution >= 0.6 is 11.3 Å². The van der Waals surface area contributed by atoms with Gasteiger partial charge in [-0.1, -0.05) is 11.3 Å². The lowest BCUT2D eigenvalue weighted by Crippen LogP contribution is -2.56. The third-order valence-electron chi connectivity index (χ3n) is 6.17. The molecular formula is C25H29FN6O4S. The summed E-state index contributed by atoms with van der Waals surface area (Å²) >= 11 is 1.20. The Morgan fingerprint density at radius 2 is 1.89 bits per heavy atom. The van der Waals surface area contributed by atoms with E-state index < -0.39 is 28.5 Å². The van der Waals surface area contributed by atoms with Crippen molar-refractivity contribution in [3.63, 3.8) is 0 Å². The van der Waals surface area contributed by atoms with Gasteiger partial charge in [-0.05, 0) is 64.8 Å². The SMILES string of the molecule is COc1ccc(F)cc1CCn1c(=O)n(C(C)(C)C(=O)NC(C)C)c(=O)c2c(C)c(-n3nccn3)sc21. The number of hydrogen-bond donors (Lipinski definition) is 1. The summed E-state index contributed by atoms with van der Waals surface area (Å²) in [6.45, 7) is 8.56. The fourth-order valence-electron chi connectivity index (χ4n) is 4.25. The summed E-state index contributed by atoms with van der Waals surface area (Å²) in [5.41, 5.74) is -1.54. The zero-order valence-electron chi connectivity index (χ0n) is 21.5. The van der Waals surface area contributed by atoms with Gasteiger partial charge in [0.15, 0.2) is 0 Å².